The van der Waals surface area contributed by atoms with Crippen LogP contribution in [0.1, 0.15) is 4.88 Å². The number of rotatable bonds is 5. The van der Waals surface area contributed by atoms with Gasteiger partial charge in [-0.25, -0.2) is 4.98 Å². The number of nitrogens with one attached hydrogen (secondary N) is 2. The van der Waals surface area contributed by atoms with Crippen LogP contribution in [-0.2, 0) is 9.53 Å². The van der Waals surface area contributed by atoms with E-state index in [1.54, 1.807) is 14.2 Å². The third kappa shape index (κ3) is 3.92. The van der Waals surface area contributed by atoms with E-state index >= 15 is 0 Å². The molecule has 1 unspecified atom stereocenters. The van der Waals surface area contributed by atoms with Gasteiger partial charge in [-0.1, -0.05) is 0 Å². The molecule has 3 rings (SSSR count). The predicted molar refractivity (Wildman–Crippen MR) is 96.6 cm³/mol. The van der Waals surface area contributed by atoms with E-state index in [9.17, 15) is 4.79 Å². The Labute approximate surface area is 150 Å². The van der Waals surface area contributed by atoms with E-state index in [1.807, 2.05) is 25.1 Å². The summed E-state index contributed by atoms with van der Waals surface area (Å²) in [4.78, 5) is 17.8. The summed E-state index contributed by atoms with van der Waals surface area (Å²) in [5.41, 5.74) is 1.71. The molecule has 25 heavy (non-hydrogen) atoms. The van der Waals surface area contributed by atoms with E-state index in [1.165, 1.54) is 11.3 Å². The molecule has 2 aromatic rings. The first-order chi connectivity index (χ1) is 12.1. The summed E-state index contributed by atoms with van der Waals surface area (Å²) >= 11 is 1.43. The van der Waals surface area contributed by atoms with Crippen molar-refractivity contribution in [2.24, 2.45) is 0 Å². The quantitative estimate of drug-likeness (QED) is 0.846. The Hall–Kier alpha value is -2.16. The number of benzene rings is 1. The number of thiazole rings is 1. The topological polar surface area (TPSA) is 81.7 Å². The number of methoxy groups -OCH3 is 2. The maximum Gasteiger partial charge on any atom is 0.256 e. The summed E-state index contributed by atoms with van der Waals surface area (Å²) in [6.45, 7) is 3.78. The van der Waals surface area contributed by atoms with Crippen LogP contribution in [0.25, 0.3) is 11.3 Å². The Morgan fingerprint density at radius 2 is 2.16 bits per heavy atom. The standard InChI is InChI=1S/C17H21N3O4S/c1-10-15(11-4-5-12(22-2)13(8-11)23-3)19-17(25-10)20-16(21)14-9-18-6-7-24-14/h4-5,8,14,18H,6-7,9H2,1-3H3,(H,19,20,21). The summed E-state index contributed by atoms with van der Waals surface area (Å²) in [5, 5.41) is 6.54. The number of hydrogen-bond donors (Lipinski definition) is 2. The van der Waals surface area contributed by atoms with Crippen LogP contribution in [0.2, 0.25) is 0 Å². The SMILES string of the molecule is COc1ccc(-c2nc(NC(=O)C3CNCCO3)sc2C)cc1OC. The molecule has 1 amide bonds. The zero-order chi connectivity index (χ0) is 17.8. The maximum atomic E-state index is 12.3. The van der Waals surface area contributed by atoms with Gasteiger partial charge in [0.1, 0.15) is 6.10 Å². The molecule has 1 saturated heterocycles. The Bertz CT molecular complexity index is 756. The average Bonchev–Trinajstić information content (AvgIpc) is 3.01. The molecule has 0 aliphatic carbocycles. The summed E-state index contributed by atoms with van der Waals surface area (Å²) in [6, 6.07) is 5.64. The minimum Gasteiger partial charge on any atom is -0.493 e. The largest absolute Gasteiger partial charge is 0.493 e. The van der Waals surface area contributed by atoms with Crippen LogP contribution >= 0.6 is 11.3 Å². The minimum atomic E-state index is -0.484. The minimum absolute atomic E-state index is 0.181. The number of hydrogen-bond acceptors (Lipinski definition) is 7. The van der Waals surface area contributed by atoms with E-state index in [-0.39, 0.29) is 5.91 Å². The van der Waals surface area contributed by atoms with Crippen LogP contribution in [-0.4, -0.2) is 50.9 Å². The van der Waals surface area contributed by atoms with Gasteiger partial charge in [0.2, 0.25) is 0 Å². The number of aromatic nitrogens is 1. The zero-order valence-electron chi connectivity index (χ0n) is 14.4. The van der Waals surface area contributed by atoms with E-state index in [4.69, 9.17) is 14.2 Å². The molecule has 0 radical (unpaired) electrons. The first-order valence-electron chi connectivity index (χ1n) is 7.95. The molecule has 1 aliphatic heterocycles. The normalized spacial score (nSPS) is 17.2. The van der Waals surface area contributed by atoms with Crippen molar-refractivity contribution in [1.29, 1.82) is 0 Å². The molecule has 1 aliphatic rings. The number of ether oxygens (including phenoxy) is 3. The highest BCUT2D eigenvalue weighted by Crippen LogP contribution is 2.36. The number of aryl methyl sites for hydroxylation is 1. The summed E-state index contributed by atoms with van der Waals surface area (Å²) in [6.07, 6.45) is -0.484. The number of nitrogens with zero attached hydrogens (tertiary/aromatic N) is 1. The van der Waals surface area contributed by atoms with Gasteiger partial charge < -0.3 is 19.5 Å². The average molecular weight is 363 g/mol. The van der Waals surface area contributed by atoms with Crippen LogP contribution in [0.5, 0.6) is 11.5 Å². The van der Waals surface area contributed by atoms with E-state index in [2.05, 4.69) is 15.6 Å². The molecule has 0 saturated carbocycles. The second kappa shape index (κ2) is 7.81. The summed E-state index contributed by atoms with van der Waals surface area (Å²) in [7, 11) is 3.20. The Morgan fingerprint density at radius 3 is 2.84 bits per heavy atom. The number of anilines is 1. The number of carbonyl (C=O) groups excluding carboxylic acids is 1. The second-order valence-corrected chi connectivity index (χ2v) is 6.75. The molecule has 1 atom stereocenters. The molecule has 1 fully saturated rings. The van der Waals surface area contributed by atoms with Crippen LogP contribution in [0.3, 0.4) is 0 Å². The van der Waals surface area contributed by atoms with Gasteiger partial charge in [0, 0.05) is 23.5 Å². The lowest BCUT2D eigenvalue weighted by Crippen LogP contribution is -2.45. The summed E-state index contributed by atoms with van der Waals surface area (Å²) < 4.78 is 16.1. The fraction of sp³-hybridized carbons (Fsp3) is 0.412. The molecular formula is C17H21N3O4S. The molecule has 8 heteroatoms. The molecular weight excluding hydrogens is 342 g/mol. The van der Waals surface area contributed by atoms with E-state index in [0.29, 0.717) is 29.8 Å². The van der Waals surface area contributed by atoms with Crippen molar-refractivity contribution in [2.75, 3.05) is 39.2 Å². The smallest absolute Gasteiger partial charge is 0.256 e. The lowest BCUT2D eigenvalue weighted by Gasteiger charge is -2.22. The van der Waals surface area contributed by atoms with Crippen molar-refractivity contribution in [3.8, 4) is 22.8 Å². The van der Waals surface area contributed by atoms with Crippen molar-refractivity contribution in [3.05, 3.63) is 23.1 Å². The molecule has 134 valence electrons. The fourth-order valence-electron chi connectivity index (χ4n) is 2.62. The van der Waals surface area contributed by atoms with Crippen LogP contribution in [0.4, 0.5) is 5.13 Å². The van der Waals surface area contributed by atoms with Crippen LogP contribution < -0.4 is 20.1 Å². The first-order valence-corrected chi connectivity index (χ1v) is 8.77. The van der Waals surface area contributed by atoms with Crippen molar-refractivity contribution < 1.29 is 19.0 Å². The molecule has 1 aromatic carbocycles. The lowest BCUT2D eigenvalue weighted by atomic mass is 10.1. The predicted octanol–water partition coefficient (Wildman–Crippen LogP) is 2.06. The first kappa shape index (κ1) is 17.7. The third-order valence-electron chi connectivity index (χ3n) is 3.90. The molecule has 0 spiro atoms. The highest BCUT2D eigenvalue weighted by Gasteiger charge is 2.23. The highest BCUT2D eigenvalue weighted by molar-refractivity contribution is 7.16. The van der Waals surface area contributed by atoms with Gasteiger partial charge >= 0.3 is 0 Å². The zero-order valence-corrected chi connectivity index (χ0v) is 15.2. The van der Waals surface area contributed by atoms with E-state index in [0.717, 1.165) is 22.7 Å². The van der Waals surface area contributed by atoms with Gasteiger partial charge in [-0.15, -0.1) is 11.3 Å². The van der Waals surface area contributed by atoms with Gasteiger partial charge in [0.05, 0.1) is 26.5 Å². The number of carbonyl (C=O) groups is 1. The molecule has 7 nitrogen and oxygen atoms in total. The van der Waals surface area contributed by atoms with Crippen molar-refractivity contribution in [3.63, 3.8) is 0 Å². The van der Waals surface area contributed by atoms with Gasteiger partial charge in [-0.3, -0.25) is 10.1 Å². The van der Waals surface area contributed by atoms with Crippen molar-refractivity contribution in [2.45, 2.75) is 13.0 Å². The fourth-order valence-corrected chi connectivity index (χ4v) is 3.46. The molecule has 0 bridgehead atoms. The van der Waals surface area contributed by atoms with Gasteiger partial charge in [0.25, 0.3) is 5.91 Å². The second-order valence-electron chi connectivity index (χ2n) is 5.55. The van der Waals surface area contributed by atoms with E-state index < -0.39 is 6.10 Å². The van der Waals surface area contributed by atoms with Gasteiger partial charge in [-0.05, 0) is 25.1 Å². The third-order valence-corrected chi connectivity index (χ3v) is 4.79. The number of amides is 1. The Balaban J connectivity index is 1.79. The Morgan fingerprint density at radius 1 is 1.36 bits per heavy atom. The summed E-state index contributed by atoms with van der Waals surface area (Å²) in [5.74, 6) is 1.12. The van der Waals surface area contributed by atoms with Gasteiger partial charge in [0.15, 0.2) is 16.6 Å². The Kier molecular flexibility index (Phi) is 5.52. The van der Waals surface area contributed by atoms with Crippen LogP contribution in [0, 0.1) is 6.92 Å². The highest BCUT2D eigenvalue weighted by atomic mass is 32.1. The molecule has 2 heterocycles. The molecule has 2 N–H and O–H groups in total. The molecule has 1 aromatic heterocycles. The van der Waals surface area contributed by atoms with Crippen LogP contribution in [0.15, 0.2) is 18.2 Å². The number of morpholine rings is 1. The maximum absolute atomic E-state index is 12.3. The lowest BCUT2D eigenvalue weighted by molar-refractivity contribution is -0.128. The monoisotopic (exact) mass is 363 g/mol. The van der Waals surface area contributed by atoms with Gasteiger partial charge in [-0.2, -0.15) is 0 Å². The van der Waals surface area contributed by atoms with Crippen molar-refractivity contribution in [1.82, 2.24) is 10.3 Å². The van der Waals surface area contributed by atoms with Crippen molar-refractivity contribution >= 4 is 22.4 Å².